The van der Waals surface area contributed by atoms with Gasteiger partial charge in [-0.3, -0.25) is 0 Å². The van der Waals surface area contributed by atoms with Crippen molar-refractivity contribution in [3.63, 3.8) is 0 Å². The third-order valence-electron chi connectivity index (χ3n) is 7.38. The minimum Gasteiger partial charge on any atom is -0.507 e. The van der Waals surface area contributed by atoms with Gasteiger partial charge in [0.1, 0.15) is 11.5 Å². The molecule has 0 saturated carbocycles. The van der Waals surface area contributed by atoms with E-state index in [1.807, 2.05) is 0 Å². The molecule has 36 heavy (non-hydrogen) atoms. The highest BCUT2D eigenvalue weighted by Crippen LogP contribution is 2.46. The summed E-state index contributed by atoms with van der Waals surface area (Å²) < 4.78 is 0. The first-order valence-corrected chi connectivity index (χ1v) is 14.6. The van der Waals surface area contributed by atoms with E-state index in [-0.39, 0.29) is 10.8 Å². The molecular weight excluding hydrogens is 440 g/mol. The highest BCUT2D eigenvalue weighted by molar-refractivity contribution is 5.80. The molecule has 2 N–H and O–H groups in total. The molecule has 0 aliphatic rings. The van der Waals surface area contributed by atoms with Crippen molar-refractivity contribution in [3.05, 3.63) is 46.5 Å². The molecule has 0 aromatic heterocycles. The number of aryl methyl sites for hydroxylation is 2. The van der Waals surface area contributed by atoms with Crippen LogP contribution in [-0.4, -0.2) is 10.2 Å². The lowest BCUT2D eigenvalue weighted by Crippen LogP contribution is -2.14. The minimum atomic E-state index is -0.184. The van der Waals surface area contributed by atoms with Gasteiger partial charge in [-0.15, -0.1) is 0 Å². The van der Waals surface area contributed by atoms with Crippen LogP contribution in [0.4, 0.5) is 0 Å². The number of unbranched alkanes of at least 4 members (excludes halogenated alkanes) is 8. The summed E-state index contributed by atoms with van der Waals surface area (Å²) in [5.41, 5.74) is 5.63. The zero-order chi connectivity index (χ0) is 26.9. The van der Waals surface area contributed by atoms with E-state index in [4.69, 9.17) is 0 Å². The maximum atomic E-state index is 11.5. The van der Waals surface area contributed by atoms with E-state index >= 15 is 0 Å². The summed E-state index contributed by atoms with van der Waals surface area (Å²) >= 11 is 0. The fourth-order valence-corrected chi connectivity index (χ4v) is 5.10. The lowest BCUT2D eigenvalue weighted by molar-refractivity contribution is 0.440. The Bertz CT molecular complexity index is 877. The van der Waals surface area contributed by atoms with Gasteiger partial charge in [-0.2, -0.15) is 0 Å². The van der Waals surface area contributed by atoms with Crippen LogP contribution >= 0.6 is 0 Å². The van der Waals surface area contributed by atoms with E-state index in [0.29, 0.717) is 11.5 Å². The van der Waals surface area contributed by atoms with Crippen LogP contribution in [0, 0.1) is 0 Å². The van der Waals surface area contributed by atoms with Crippen LogP contribution in [0.1, 0.15) is 142 Å². The van der Waals surface area contributed by atoms with Crippen LogP contribution in [0.25, 0.3) is 11.1 Å². The highest BCUT2D eigenvalue weighted by atomic mass is 16.3. The lowest BCUT2D eigenvalue weighted by Gasteiger charge is -2.26. The van der Waals surface area contributed by atoms with Crippen molar-refractivity contribution >= 4 is 0 Å². The van der Waals surface area contributed by atoms with Gasteiger partial charge in [0.15, 0.2) is 0 Å². The Morgan fingerprint density at radius 2 is 0.833 bits per heavy atom. The summed E-state index contributed by atoms with van der Waals surface area (Å²) in [4.78, 5) is 0. The van der Waals surface area contributed by atoms with Gasteiger partial charge in [-0.1, -0.05) is 119 Å². The summed E-state index contributed by atoms with van der Waals surface area (Å²) in [7, 11) is 0. The molecule has 0 spiro atoms. The molecule has 2 aromatic rings. The van der Waals surface area contributed by atoms with Crippen molar-refractivity contribution in [3.8, 4) is 22.6 Å². The van der Waals surface area contributed by atoms with Gasteiger partial charge in [0.2, 0.25) is 0 Å². The average Bonchev–Trinajstić information content (AvgIpc) is 2.79. The molecule has 0 fully saturated rings. The highest BCUT2D eigenvalue weighted by Gasteiger charge is 2.26. The molecule has 0 saturated heterocycles. The molecule has 0 aliphatic carbocycles. The van der Waals surface area contributed by atoms with E-state index < -0.39 is 0 Å². The lowest BCUT2D eigenvalue weighted by atomic mass is 9.79. The standard InChI is InChI=1S/C34H54O2/c1-9-11-13-15-17-19-25-21-27(31(35)29(23-25)33(3,4)5)28-22-26(20-18-16-14-12-10-2)24-30(32(28)36)34(6,7)8/h21-24,35-36H,9-20H2,1-8H3. The Morgan fingerprint density at radius 3 is 1.14 bits per heavy atom. The number of phenolic OH excluding ortho intramolecular Hbond substituents is 2. The number of rotatable bonds is 13. The maximum absolute atomic E-state index is 11.5. The van der Waals surface area contributed by atoms with Crippen LogP contribution in [-0.2, 0) is 23.7 Å². The molecule has 2 heteroatoms. The molecule has 0 amide bonds. The van der Waals surface area contributed by atoms with E-state index in [1.165, 1.54) is 62.5 Å². The Labute approximate surface area is 222 Å². The van der Waals surface area contributed by atoms with Crippen molar-refractivity contribution in [2.75, 3.05) is 0 Å². The van der Waals surface area contributed by atoms with Crippen molar-refractivity contribution in [2.45, 2.75) is 143 Å². The second-order valence-electron chi connectivity index (χ2n) is 12.9. The van der Waals surface area contributed by atoms with Gasteiger partial charge < -0.3 is 10.2 Å². The molecule has 0 aliphatic heterocycles. The van der Waals surface area contributed by atoms with Gasteiger partial charge in [-0.25, -0.2) is 0 Å². The van der Waals surface area contributed by atoms with Gasteiger partial charge in [0.25, 0.3) is 0 Å². The molecule has 0 unspecified atom stereocenters. The number of hydrogen-bond acceptors (Lipinski definition) is 2. The van der Waals surface area contributed by atoms with Crippen molar-refractivity contribution in [1.29, 1.82) is 0 Å². The third-order valence-corrected chi connectivity index (χ3v) is 7.38. The van der Waals surface area contributed by atoms with Crippen LogP contribution in [0.15, 0.2) is 24.3 Å². The normalized spacial score (nSPS) is 12.3. The monoisotopic (exact) mass is 494 g/mol. The molecule has 2 nitrogen and oxygen atoms in total. The molecule has 0 heterocycles. The van der Waals surface area contributed by atoms with Gasteiger partial charge in [0, 0.05) is 22.3 Å². The summed E-state index contributed by atoms with van der Waals surface area (Å²) in [5, 5.41) is 23.0. The predicted molar refractivity (Wildman–Crippen MR) is 158 cm³/mol. The molecule has 0 bridgehead atoms. The van der Waals surface area contributed by atoms with E-state index in [2.05, 4.69) is 79.7 Å². The fourth-order valence-electron chi connectivity index (χ4n) is 5.10. The quantitative estimate of drug-likeness (QED) is 0.272. The first-order valence-electron chi connectivity index (χ1n) is 14.6. The minimum absolute atomic E-state index is 0.184. The summed E-state index contributed by atoms with van der Waals surface area (Å²) in [6, 6.07) is 8.66. The average molecular weight is 495 g/mol. The molecule has 2 aromatic carbocycles. The molecule has 202 valence electrons. The Balaban J connectivity index is 2.55. The van der Waals surface area contributed by atoms with Crippen LogP contribution in [0.3, 0.4) is 0 Å². The van der Waals surface area contributed by atoms with Crippen LogP contribution in [0.5, 0.6) is 11.5 Å². The number of aromatic hydroxyl groups is 2. The second-order valence-corrected chi connectivity index (χ2v) is 12.9. The first kappa shape index (κ1) is 30.3. The Kier molecular flexibility index (Phi) is 11.4. The smallest absolute Gasteiger partial charge is 0.127 e. The maximum Gasteiger partial charge on any atom is 0.127 e. The van der Waals surface area contributed by atoms with Crippen LogP contribution < -0.4 is 0 Å². The van der Waals surface area contributed by atoms with E-state index in [1.54, 1.807) is 0 Å². The Morgan fingerprint density at radius 1 is 0.500 bits per heavy atom. The first-order chi connectivity index (χ1) is 16.9. The third kappa shape index (κ3) is 8.56. The number of hydrogen-bond donors (Lipinski definition) is 2. The molecule has 0 radical (unpaired) electrons. The topological polar surface area (TPSA) is 40.5 Å². The van der Waals surface area contributed by atoms with E-state index in [0.717, 1.165) is 47.9 Å². The number of benzene rings is 2. The SMILES string of the molecule is CCCCCCCc1cc(-c2cc(CCCCCCC)cc(C(C)(C)C)c2O)c(O)c(C(C)(C)C)c1. The molecular formula is C34H54O2. The fraction of sp³-hybridized carbons (Fsp3) is 0.647. The van der Waals surface area contributed by atoms with Crippen molar-refractivity contribution in [1.82, 2.24) is 0 Å². The summed E-state index contributed by atoms with van der Waals surface area (Å²) in [5.74, 6) is 0.625. The summed E-state index contributed by atoms with van der Waals surface area (Å²) in [6.45, 7) is 17.4. The Hall–Kier alpha value is -1.96. The second kappa shape index (κ2) is 13.5. The van der Waals surface area contributed by atoms with Gasteiger partial charge in [-0.05, 0) is 59.8 Å². The molecule has 0 atom stereocenters. The largest absolute Gasteiger partial charge is 0.507 e. The predicted octanol–water partition coefficient (Wildman–Crippen LogP) is 10.4. The summed E-state index contributed by atoms with van der Waals surface area (Å²) in [6.07, 6.45) is 14.5. The van der Waals surface area contributed by atoms with Gasteiger partial charge in [0.05, 0.1) is 0 Å². The van der Waals surface area contributed by atoms with Gasteiger partial charge >= 0.3 is 0 Å². The van der Waals surface area contributed by atoms with Crippen LogP contribution in [0.2, 0.25) is 0 Å². The molecule has 2 rings (SSSR count). The zero-order valence-electron chi connectivity index (χ0n) is 24.7. The van der Waals surface area contributed by atoms with E-state index in [9.17, 15) is 10.2 Å². The zero-order valence-corrected chi connectivity index (χ0v) is 24.7. The van der Waals surface area contributed by atoms with Crippen molar-refractivity contribution < 1.29 is 10.2 Å². The van der Waals surface area contributed by atoms with Crippen molar-refractivity contribution in [2.24, 2.45) is 0 Å². The number of phenols is 2.